The smallest absolute Gasteiger partial charge is 0.272 e. The fourth-order valence-electron chi connectivity index (χ4n) is 1.97. The first-order chi connectivity index (χ1) is 7.77. The maximum Gasteiger partial charge on any atom is 0.272 e. The predicted molar refractivity (Wildman–Crippen MR) is 69.7 cm³/mol. The van der Waals surface area contributed by atoms with E-state index in [9.17, 15) is 4.79 Å². The Kier molecular flexibility index (Phi) is 5.80. The number of hydrogen-bond donors (Lipinski definition) is 2. The minimum absolute atomic E-state index is 0. The first kappa shape index (κ1) is 14.3. The lowest BCUT2D eigenvalue weighted by Crippen LogP contribution is -2.44. The molecule has 1 aliphatic heterocycles. The average Bonchev–Trinajstić information content (AvgIpc) is 2.83. The summed E-state index contributed by atoms with van der Waals surface area (Å²) < 4.78 is 7.74. The van der Waals surface area contributed by atoms with Gasteiger partial charge in [0.1, 0.15) is 0 Å². The van der Waals surface area contributed by atoms with Crippen LogP contribution in [0.1, 0.15) is 30.3 Å². The van der Waals surface area contributed by atoms with Crippen LogP contribution in [0.5, 0.6) is 0 Å². The van der Waals surface area contributed by atoms with Crippen molar-refractivity contribution in [2.24, 2.45) is 5.92 Å². The quantitative estimate of drug-likeness (QED) is 0.867. The molecule has 0 radical (unpaired) electrons. The number of nitrogens with one attached hydrogen (secondary N) is 2. The van der Waals surface area contributed by atoms with Gasteiger partial charge in [-0.2, -0.15) is 8.75 Å². The third kappa shape index (κ3) is 3.90. The Labute approximate surface area is 111 Å². The van der Waals surface area contributed by atoms with Crippen molar-refractivity contribution in [2.75, 3.05) is 13.1 Å². The zero-order valence-corrected chi connectivity index (χ0v) is 11.3. The van der Waals surface area contributed by atoms with Crippen molar-refractivity contribution in [3.63, 3.8) is 0 Å². The average molecular weight is 277 g/mol. The maximum atomic E-state index is 11.7. The highest BCUT2D eigenvalue weighted by molar-refractivity contribution is 6.99. The molecule has 2 N–H and O–H groups in total. The van der Waals surface area contributed by atoms with Gasteiger partial charge in [-0.05, 0) is 38.8 Å². The van der Waals surface area contributed by atoms with Gasteiger partial charge in [-0.3, -0.25) is 4.79 Å². The van der Waals surface area contributed by atoms with Crippen molar-refractivity contribution >= 4 is 30.0 Å². The van der Waals surface area contributed by atoms with E-state index in [-0.39, 0.29) is 24.4 Å². The van der Waals surface area contributed by atoms with E-state index in [0.29, 0.717) is 11.6 Å². The Balaban J connectivity index is 0.00000144. The molecule has 0 saturated carbocycles. The molecule has 5 nitrogen and oxygen atoms in total. The molecule has 0 aromatic carbocycles. The SMILES string of the molecule is CC(NC(=O)c1cnsn1)C1CCCNC1.Cl. The number of halogens is 1. The number of hydrogen-bond acceptors (Lipinski definition) is 5. The third-order valence-corrected chi connectivity index (χ3v) is 3.47. The second kappa shape index (κ2) is 6.88. The molecule has 0 spiro atoms. The number of nitrogens with zero attached hydrogens (tertiary/aromatic N) is 2. The van der Waals surface area contributed by atoms with Gasteiger partial charge >= 0.3 is 0 Å². The molecule has 0 bridgehead atoms. The van der Waals surface area contributed by atoms with Crippen molar-refractivity contribution in [3.05, 3.63) is 11.9 Å². The molecule has 96 valence electrons. The normalized spacial score (nSPS) is 21.4. The van der Waals surface area contributed by atoms with Gasteiger partial charge in [0.05, 0.1) is 17.9 Å². The fraction of sp³-hybridized carbons (Fsp3) is 0.700. The number of piperidine rings is 1. The van der Waals surface area contributed by atoms with Crippen LogP contribution in [-0.4, -0.2) is 33.8 Å². The predicted octanol–water partition coefficient (Wildman–Crippen LogP) is 1.08. The summed E-state index contributed by atoms with van der Waals surface area (Å²) in [6.45, 7) is 4.12. The van der Waals surface area contributed by atoms with Gasteiger partial charge in [-0.1, -0.05) is 0 Å². The lowest BCUT2D eigenvalue weighted by molar-refractivity contribution is 0.0918. The molecular weight excluding hydrogens is 260 g/mol. The van der Waals surface area contributed by atoms with E-state index in [4.69, 9.17) is 0 Å². The molecule has 0 aliphatic carbocycles. The Morgan fingerprint density at radius 3 is 3.12 bits per heavy atom. The first-order valence-electron chi connectivity index (χ1n) is 5.56. The van der Waals surface area contributed by atoms with E-state index < -0.39 is 0 Å². The molecule has 1 fully saturated rings. The molecule has 1 saturated heterocycles. The van der Waals surface area contributed by atoms with E-state index in [1.807, 2.05) is 0 Å². The summed E-state index contributed by atoms with van der Waals surface area (Å²) >= 11 is 1.06. The van der Waals surface area contributed by atoms with Gasteiger partial charge in [-0.25, -0.2) is 0 Å². The Morgan fingerprint density at radius 1 is 1.71 bits per heavy atom. The number of aromatic nitrogens is 2. The Morgan fingerprint density at radius 2 is 2.53 bits per heavy atom. The van der Waals surface area contributed by atoms with Crippen LogP contribution in [0.15, 0.2) is 6.20 Å². The van der Waals surface area contributed by atoms with Crippen LogP contribution in [0.25, 0.3) is 0 Å². The van der Waals surface area contributed by atoms with Crippen LogP contribution in [0.3, 0.4) is 0 Å². The Bertz CT molecular complexity index is 340. The van der Waals surface area contributed by atoms with Crippen molar-refractivity contribution in [3.8, 4) is 0 Å². The number of carbonyl (C=O) groups excluding carboxylic acids is 1. The monoisotopic (exact) mass is 276 g/mol. The largest absolute Gasteiger partial charge is 0.348 e. The van der Waals surface area contributed by atoms with Crippen LogP contribution >= 0.6 is 24.1 Å². The molecule has 1 amide bonds. The Hall–Kier alpha value is -0.720. The van der Waals surface area contributed by atoms with Gasteiger partial charge in [0.2, 0.25) is 0 Å². The van der Waals surface area contributed by atoms with Gasteiger partial charge in [0.25, 0.3) is 5.91 Å². The van der Waals surface area contributed by atoms with Crippen LogP contribution < -0.4 is 10.6 Å². The van der Waals surface area contributed by atoms with E-state index in [2.05, 4.69) is 26.3 Å². The minimum atomic E-state index is -0.119. The number of carbonyl (C=O) groups is 1. The zero-order chi connectivity index (χ0) is 11.4. The summed E-state index contributed by atoms with van der Waals surface area (Å²) in [5.74, 6) is 0.399. The van der Waals surface area contributed by atoms with E-state index in [0.717, 1.165) is 24.8 Å². The van der Waals surface area contributed by atoms with Crippen molar-refractivity contribution in [2.45, 2.75) is 25.8 Å². The molecule has 2 heterocycles. The van der Waals surface area contributed by atoms with Crippen LogP contribution in [0.2, 0.25) is 0 Å². The summed E-state index contributed by atoms with van der Waals surface area (Å²) in [6.07, 6.45) is 3.86. The summed E-state index contributed by atoms with van der Waals surface area (Å²) in [6, 6.07) is 0.182. The summed E-state index contributed by atoms with van der Waals surface area (Å²) in [4.78, 5) is 11.7. The molecule has 2 rings (SSSR count). The third-order valence-electron chi connectivity index (χ3n) is 2.99. The van der Waals surface area contributed by atoms with Crippen molar-refractivity contribution in [1.82, 2.24) is 19.4 Å². The van der Waals surface area contributed by atoms with E-state index in [1.165, 1.54) is 19.0 Å². The lowest BCUT2D eigenvalue weighted by atomic mass is 9.93. The van der Waals surface area contributed by atoms with Gasteiger partial charge in [0, 0.05) is 6.04 Å². The summed E-state index contributed by atoms with van der Waals surface area (Å²) in [7, 11) is 0. The summed E-state index contributed by atoms with van der Waals surface area (Å²) in [5.41, 5.74) is 0.417. The topological polar surface area (TPSA) is 66.9 Å². The van der Waals surface area contributed by atoms with Crippen LogP contribution in [0, 0.1) is 5.92 Å². The highest BCUT2D eigenvalue weighted by atomic mass is 35.5. The minimum Gasteiger partial charge on any atom is -0.348 e. The summed E-state index contributed by atoms with van der Waals surface area (Å²) in [5, 5.41) is 6.32. The number of amides is 1. The molecule has 17 heavy (non-hydrogen) atoms. The molecule has 7 heteroatoms. The fourth-order valence-corrected chi connectivity index (χ4v) is 2.38. The maximum absolute atomic E-state index is 11.7. The molecule has 1 aliphatic rings. The second-order valence-electron chi connectivity index (χ2n) is 4.16. The van der Waals surface area contributed by atoms with Crippen molar-refractivity contribution < 1.29 is 4.79 Å². The molecule has 1 aromatic heterocycles. The standard InChI is InChI=1S/C10H16N4OS.ClH/c1-7(8-3-2-4-11-5-8)13-10(15)9-6-12-16-14-9;/h6-8,11H,2-5H2,1H3,(H,13,15);1H. The molecular formula is C10H17ClN4OS. The van der Waals surface area contributed by atoms with Gasteiger partial charge in [0.15, 0.2) is 5.69 Å². The first-order valence-corrected chi connectivity index (χ1v) is 6.29. The van der Waals surface area contributed by atoms with Crippen LogP contribution in [0.4, 0.5) is 0 Å². The highest BCUT2D eigenvalue weighted by Gasteiger charge is 2.22. The highest BCUT2D eigenvalue weighted by Crippen LogP contribution is 2.14. The van der Waals surface area contributed by atoms with Crippen molar-refractivity contribution in [1.29, 1.82) is 0 Å². The van der Waals surface area contributed by atoms with Gasteiger partial charge < -0.3 is 10.6 Å². The second-order valence-corrected chi connectivity index (χ2v) is 4.72. The zero-order valence-electron chi connectivity index (χ0n) is 9.68. The molecule has 1 aromatic rings. The molecule has 2 atom stereocenters. The lowest BCUT2D eigenvalue weighted by Gasteiger charge is -2.28. The van der Waals surface area contributed by atoms with Crippen LogP contribution in [-0.2, 0) is 0 Å². The van der Waals surface area contributed by atoms with E-state index >= 15 is 0 Å². The van der Waals surface area contributed by atoms with E-state index in [1.54, 1.807) is 0 Å². The number of rotatable bonds is 3. The van der Waals surface area contributed by atoms with Gasteiger partial charge in [-0.15, -0.1) is 12.4 Å². The molecule has 2 unspecified atom stereocenters.